The van der Waals surface area contributed by atoms with Crippen LogP contribution < -0.4 is 14.5 Å². The maximum Gasteiger partial charge on any atom is 0.170 e. The summed E-state index contributed by atoms with van der Waals surface area (Å²) in [5, 5.41) is 0. The van der Waals surface area contributed by atoms with E-state index in [1.807, 2.05) is 6.07 Å². The summed E-state index contributed by atoms with van der Waals surface area (Å²) >= 11 is 0. The van der Waals surface area contributed by atoms with Crippen LogP contribution in [0.4, 0.5) is 11.4 Å². The molecule has 0 bridgehead atoms. The van der Waals surface area contributed by atoms with Crippen molar-refractivity contribution in [1.29, 1.82) is 0 Å². The van der Waals surface area contributed by atoms with Crippen LogP contribution in [0.25, 0.3) is 6.08 Å². The molecule has 29 heavy (non-hydrogen) atoms. The van der Waals surface area contributed by atoms with E-state index in [4.69, 9.17) is 9.47 Å². The Morgan fingerprint density at radius 3 is 2.52 bits per heavy atom. The van der Waals surface area contributed by atoms with Gasteiger partial charge in [0.2, 0.25) is 0 Å². The van der Waals surface area contributed by atoms with Crippen LogP contribution in [0.15, 0.2) is 60.7 Å². The minimum Gasteiger partial charge on any atom is -0.497 e. The first-order chi connectivity index (χ1) is 13.9. The Labute approximate surface area is 174 Å². The van der Waals surface area contributed by atoms with Crippen molar-refractivity contribution < 1.29 is 9.47 Å². The number of anilines is 2. The Hall–Kier alpha value is -2.72. The largest absolute Gasteiger partial charge is 0.497 e. The van der Waals surface area contributed by atoms with E-state index >= 15 is 0 Å². The molecule has 1 atom stereocenters. The Kier molecular flexibility index (Phi) is 4.91. The maximum absolute atomic E-state index is 6.39. The van der Waals surface area contributed by atoms with Gasteiger partial charge in [-0.25, -0.2) is 0 Å². The van der Waals surface area contributed by atoms with E-state index in [0.29, 0.717) is 0 Å². The van der Waals surface area contributed by atoms with Crippen LogP contribution in [0.3, 0.4) is 0 Å². The Bertz CT molecular complexity index is 944. The van der Waals surface area contributed by atoms with Crippen molar-refractivity contribution in [3.63, 3.8) is 0 Å². The molecular formula is C25H30N2O2. The molecule has 0 aromatic heterocycles. The van der Waals surface area contributed by atoms with Gasteiger partial charge in [0.1, 0.15) is 5.75 Å². The van der Waals surface area contributed by atoms with E-state index in [1.54, 1.807) is 7.11 Å². The highest BCUT2D eigenvalue weighted by molar-refractivity contribution is 5.69. The maximum atomic E-state index is 6.39. The molecule has 2 aromatic rings. The second-order valence-electron chi connectivity index (χ2n) is 8.41. The average molecular weight is 391 g/mol. The monoisotopic (exact) mass is 390 g/mol. The molecule has 1 saturated heterocycles. The SMILES string of the molecule is COc1ccc2c(c1)C(C)(C)C1(C=CC=Cc3ccc(N(C)C)cc3)OCCN21. The summed E-state index contributed by atoms with van der Waals surface area (Å²) < 4.78 is 11.9. The van der Waals surface area contributed by atoms with Crippen LogP contribution >= 0.6 is 0 Å². The van der Waals surface area contributed by atoms with Crippen LogP contribution in [0, 0.1) is 0 Å². The van der Waals surface area contributed by atoms with Crippen molar-refractivity contribution in [2.75, 3.05) is 44.2 Å². The fourth-order valence-electron chi connectivity index (χ4n) is 4.51. The Morgan fingerprint density at radius 1 is 1.07 bits per heavy atom. The summed E-state index contributed by atoms with van der Waals surface area (Å²) in [5.41, 5.74) is 4.23. The summed E-state index contributed by atoms with van der Waals surface area (Å²) in [4.78, 5) is 4.49. The second-order valence-corrected chi connectivity index (χ2v) is 8.41. The summed E-state index contributed by atoms with van der Waals surface area (Å²) in [6.45, 7) is 6.13. The zero-order valence-electron chi connectivity index (χ0n) is 18.0. The smallest absolute Gasteiger partial charge is 0.170 e. The molecule has 4 nitrogen and oxygen atoms in total. The van der Waals surface area contributed by atoms with Gasteiger partial charge in [0.15, 0.2) is 5.72 Å². The lowest BCUT2D eigenvalue weighted by Crippen LogP contribution is -2.51. The van der Waals surface area contributed by atoms with Crippen molar-refractivity contribution in [3.8, 4) is 5.75 Å². The normalized spacial score (nSPS) is 22.3. The van der Waals surface area contributed by atoms with Crippen molar-refractivity contribution >= 4 is 17.5 Å². The lowest BCUT2D eigenvalue weighted by molar-refractivity contribution is -0.000321. The number of hydrogen-bond donors (Lipinski definition) is 0. The molecule has 0 radical (unpaired) electrons. The third-order valence-corrected chi connectivity index (χ3v) is 6.23. The first kappa shape index (κ1) is 19.6. The summed E-state index contributed by atoms with van der Waals surface area (Å²) in [5.74, 6) is 0.887. The average Bonchev–Trinajstić information content (AvgIpc) is 3.22. The van der Waals surface area contributed by atoms with Crippen molar-refractivity contribution in [3.05, 3.63) is 71.8 Å². The van der Waals surface area contributed by atoms with Crippen molar-refractivity contribution in [2.24, 2.45) is 0 Å². The predicted molar refractivity (Wildman–Crippen MR) is 121 cm³/mol. The molecule has 2 aromatic carbocycles. The highest BCUT2D eigenvalue weighted by Gasteiger charge is 2.59. The van der Waals surface area contributed by atoms with Crippen molar-refractivity contribution in [1.82, 2.24) is 0 Å². The first-order valence-electron chi connectivity index (χ1n) is 10.1. The van der Waals surface area contributed by atoms with Gasteiger partial charge in [-0.15, -0.1) is 0 Å². The van der Waals surface area contributed by atoms with E-state index in [0.717, 1.165) is 18.9 Å². The molecule has 1 unspecified atom stereocenters. The van der Waals surface area contributed by atoms with Gasteiger partial charge in [-0.2, -0.15) is 0 Å². The third-order valence-electron chi connectivity index (χ3n) is 6.23. The molecule has 1 fully saturated rings. The molecule has 0 amide bonds. The summed E-state index contributed by atoms with van der Waals surface area (Å²) in [7, 11) is 5.82. The predicted octanol–water partition coefficient (Wildman–Crippen LogP) is 4.85. The van der Waals surface area contributed by atoms with E-state index in [1.165, 1.54) is 22.5 Å². The van der Waals surface area contributed by atoms with Crippen LogP contribution in [0.1, 0.15) is 25.0 Å². The fraction of sp³-hybridized carbons (Fsp3) is 0.360. The standard InChI is InChI=1S/C25H30N2O2/c1-24(2)22-18-21(28-5)13-14-23(22)27-16-17-29-25(24,27)15-7-6-8-19-9-11-20(12-10-19)26(3)4/h6-15,18H,16-17H2,1-5H3. The molecule has 0 saturated carbocycles. The molecule has 2 aliphatic rings. The highest BCUT2D eigenvalue weighted by Crippen LogP contribution is 2.55. The molecule has 4 heteroatoms. The van der Waals surface area contributed by atoms with Gasteiger partial charge in [-0.3, -0.25) is 0 Å². The van der Waals surface area contributed by atoms with Gasteiger partial charge in [-0.05, 0) is 47.5 Å². The molecule has 0 N–H and O–H groups in total. The van der Waals surface area contributed by atoms with Crippen molar-refractivity contribution in [2.45, 2.75) is 25.0 Å². The molecular weight excluding hydrogens is 360 g/mol. The van der Waals surface area contributed by atoms with Crippen LogP contribution in [0.5, 0.6) is 5.75 Å². The Balaban J connectivity index is 1.60. The summed E-state index contributed by atoms with van der Waals surface area (Å²) in [6, 6.07) is 14.9. The topological polar surface area (TPSA) is 24.9 Å². The number of hydrogen-bond acceptors (Lipinski definition) is 4. The van der Waals surface area contributed by atoms with Gasteiger partial charge in [0, 0.05) is 37.4 Å². The number of rotatable bonds is 5. The van der Waals surface area contributed by atoms with Gasteiger partial charge in [0.25, 0.3) is 0 Å². The second kappa shape index (κ2) is 7.27. The quantitative estimate of drug-likeness (QED) is 0.681. The lowest BCUT2D eigenvalue weighted by atomic mass is 9.77. The zero-order chi connectivity index (χ0) is 20.6. The number of ether oxygens (including phenoxy) is 2. The van der Waals surface area contributed by atoms with Crippen LogP contribution in [-0.4, -0.2) is 40.1 Å². The number of fused-ring (bicyclic) bond motifs is 3. The molecule has 152 valence electrons. The van der Waals surface area contributed by atoms with E-state index in [9.17, 15) is 0 Å². The Morgan fingerprint density at radius 2 is 1.83 bits per heavy atom. The van der Waals surface area contributed by atoms with E-state index < -0.39 is 5.72 Å². The van der Waals surface area contributed by atoms with Crippen LogP contribution in [0.2, 0.25) is 0 Å². The fourth-order valence-corrected chi connectivity index (χ4v) is 4.51. The zero-order valence-corrected chi connectivity index (χ0v) is 18.0. The molecule has 2 heterocycles. The van der Waals surface area contributed by atoms with Crippen LogP contribution in [-0.2, 0) is 10.2 Å². The third kappa shape index (κ3) is 3.12. The summed E-state index contributed by atoms with van der Waals surface area (Å²) in [6.07, 6.45) is 8.54. The molecule has 0 aliphatic carbocycles. The van der Waals surface area contributed by atoms with Gasteiger partial charge >= 0.3 is 0 Å². The minimum atomic E-state index is -0.471. The van der Waals surface area contributed by atoms with Gasteiger partial charge in [-0.1, -0.05) is 44.2 Å². The number of allylic oxidation sites excluding steroid dienone is 2. The van der Waals surface area contributed by atoms with E-state index in [-0.39, 0.29) is 5.41 Å². The molecule has 4 rings (SSSR count). The van der Waals surface area contributed by atoms with Gasteiger partial charge < -0.3 is 19.3 Å². The number of nitrogens with zero attached hydrogens (tertiary/aromatic N) is 2. The first-order valence-corrected chi connectivity index (χ1v) is 10.1. The molecule has 2 aliphatic heterocycles. The number of methoxy groups -OCH3 is 1. The highest BCUT2D eigenvalue weighted by atomic mass is 16.5. The minimum absolute atomic E-state index is 0.189. The van der Waals surface area contributed by atoms with Gasteiger partial charge in [0.05, 0.1) is 13.7 Å². The molecule has 0 spiro atoms. The number of benzene rings is 2. The lowest BCUT2D eigenvalue weighted by Gasteiger charge is -2.39. The van der Waals surface area contributed by atoms with E-state index in [2.05, 4.69) is 98.4 Å².